The Morgan fingerprint density at radius 3 is 2.53 bits per heavy atom. The molecule has 0 aliphatic carbocycles. The fourth-order valence-electron chi connectivity index (χ4n) is 4.61. The fourth-order valence-corrected chi connectivity index (χ4v) is 4.61. The van der Waals surface area contributed by atoms with Gasteiger partial charge in [0.05, 0.1) is 11.9 Å². The van der Waals surface area contributed by atoms with Gasteiger partial charge in [-0.15, -0.1) is 0 Å². The number of rotatable bonds is 4. The van der Waals surface area contributed by atoms with E-state index in [0.717, 1.165) is 31.4 Å². The Hall–Kier alpha value is -3.10. The molecule has 2 amide bonds. The van der Waals surface area contributed by atoms with E-state index in [-0.39, 0.29) is 35.1 Å². The molecule has 2 aromatic rings. The lowest BCUT2D eigenvalue weighted by atomic mass is 9.92. The standard InChI is InChI=1S/C23H30N6O3/c1-15(2)22(31)28-10-5-16(6-11-28)21-26-18(12-20(30)27-21)17-4-3-9-29(14-17)23(32)19-13-24-7-8-25-19/h7-8,12-13,15-17H,3-6,9-11,14H2,1-2H3,(H,26,27,30)/t17-/m1/s1. The maximum absolute atomic E-state index is 12.8. The van der Waals surface area contributed by atoms with Gasteiger partial charge >= 0.3 is 0 Å². The van der Waals surface area contributed by atoms with Gasteiger partial charge in [0.1, 0.15) is 11.5 Å². The van der Waals surface area contributed by atoms with E-state index in [0.29, 0.717) is 37.7 Å². The number of piperidine rings is 2. The minimum Gasteiger partial charge on any atom is -0.342 e. The number of hydrogen-bond donors (Lipinski definition) is 1. The van der Waals surface area contributed by atoms with Crippen LogP contribution in [0, 0.1) is 5.92 Å². The number of likely N-dealkylation sites (tertiary alicyclic amines) is 2. The molecule has 2 aliphatic rings. The molecule has 2 saturated heterocycles. The van der Waals surface area contributed by atoms with Crippen LogP contribution in [-0.2, 0) is 4.79 Å². The Morgan fingerprint density at radius 2 is 1.84 bits per heavy atom. The molecule has 9 nitrogen and oxygen atoms in total. The number of carbonyl (C=O) groups excluding carboxylic acids is 2. The van der Waals surface area contributed by atoms with E-state index >= 15 is 0 Å². The number of hydrogen-bond acceptors (Lipinski definition) is 6. The van der Waals surface area contributed by atoms with Crippen LogP contribution in [0.15, 0.2) is 29.5 Å². The van der Waals surface area contributed by atoms with Crippen molar-refractivity contribution in [2.24, 2.45) is 5.92 Å². The number of nitrogens with zero attached hydrogens (tertiary/aromatic N) is 5. The van der Waals surface area contributed by atoms with Crippen molar-refractivity contribution < 1.29 is 9.59 Å². The molecule has 2 fully saturated rings. The highest BCUT2D eigenvalue weighted by Crippen LogP contribution is 2.29. The predicted octanol–water partition coefficient (Wildman–Crippen LogP) is 1.94. The molecule has 0 spiro atoms. The van der Waals surface area contributed by atoms with Crippen LogP contribution in [-0.4, -0.2) is 67.7 Å². The monoisotopic (exact) mass is 438 g/mol. The molecule has 170 valence electrons. The number of H-pyrrole nitrogens is 1. The molecular weight excluding hydrogens is 408 g/mol. The third-order valence-electron chi connectivity index (χ3n) is 6.38. The van der Waals surface area contributed by atoms with Gasteiger partial charge in [-0.1, -0.05) is 13.8 Å². The van der Waals surface area contributed by atoms with Crippen molar-refractivity contribution in [3.63, 3.8) is 0 Å². The van der Waals surface area contributed by atoms with Crippen LogP contribution in [0.1, 0.15) is 73.4 Å². The van der Waals surface area contributed by atoms with Crippen molar-refractivity contribution in [1.82, 2.24) is 29.7 Å². The SMILES string of the molecule is CC(C)C(=O)N1CCC(c2nc([C@@H]3CCCN(C(=O)c4cnccn4)C3)cc(=O)[nH]2)CC1. The Bertz CT molecular complexity index is 1010. The van der Waals surface area contributed by atoms with E-state index in [2.05, 4.69) is 15.0 Å². The number of aromatic nitrogens is 4. The maximum atomic E-state index is 12.8. The Kier molecular flexibility index (Phi) is 6.62. The summed E-state index contributed by atoms with van der Waals surface area (Å²) in [5.74, 6) is 0.852. The smallest absolute Gasteiger partial charge is 0.274 e. The third-order valence-corrected chi connectivity index (χ3v) is 6.38. The van der Waals surface area contributed by atoms with Crippen LogP contribution in [0.2, 0.25) is 0 Å². The molecule has 0 radical (unpaired) electrons. The molecule has 9 heteroatoms. The Balaban J connectivity index is 1.46. The highest BCUT2D eigenvalue weighted by molar-refractivity contribution is 5.92. The van der Waals surface area contributed by atoms with E-state index in [1.807, 2.05) is 18.7 Å². The van der Waals surface area contributed by atoms with E-state index in [1.54, 1.807) is 17.2 Å². The summed E-state index contributed by atoms with van der Waals surface area (Å²) in [5, 5.41) is 0. The molecule has 1 N–H and O–H groups in total. The first-order chi connectivity index (χ1) is 15.4. The first-order valence-electron chi connectivity index (χ1n) is 11.4. The van der Waals surface area contributed by atoms with E-state index in [4.69, 9.17) is 4.98 Å². The quantitative estimate of drug-likeness (QED) is 0.781. The average Bonchev–Trinajstić information content (AvgIpc) is 2.83. The maximum Gasteiger partial charge on any atom is 0.274 e. The first kappa shape index (κ1) is 22.1. The normalized spacial score (nSPS) is 19.9. The molecule has 4 heterocycles. The summed E-state index contributed by atoms with van der Waals surface area (Å²) in [4.78, 5) is 57.0. The van der Waals surface area contributed by atoms with Gasteiger partial charge in [0.25, 0.3) is 11.5 Å². The molecule has 2 aliphatic heterocycles. The second-order valence-electron chi connectivity index (χ2n) is 8.99. The second kappa shape index (κ2) is 9.58. The lowest BCUT2D eigenvalue weighted by Gasteiger charge is -2.34. The van der Waals surface area contributed by atoms with Crippen molar-refractivity contribution in [3.8, 4) is 0 Å². The summed E-state index contributed by atoms with van der Waals surface area (Å²) in [6.45, 7) is 6.36. The lowest BCUT2D eigenvalue weighted by Crippen LogP contribution is -2.41. The molecule has 2 aromatic heterocycles. The van der Waals surface area contributed by atoms with Crippen LogP contribution < -0.4 is 5.56 Å². The van der Waals surface area contributed by atoms with E-state index < -0.39 is 0 Å². The molecule has 1 atom stereocenters. The minimum atomic E-state index is -0.164. The van der Waals surface area contributed by atoms with Crippen LogP contribution in [0.25, 0.3) is 0 Å². The largest absolute Gasteiger partial charge is 0.342 e. The van der Waals surface area contributed by atoms with Crippen LogP contribution in [0.5, 0.6) is 0 Å². The molecule has 0 aromatic carbocycles. The van der Waals surface area contributed by atoms with Crippen molar-refractivity contribution in [2.75, 3.05) is 26.2 Å². The average molecular weight is 439 g/mol. The van der Waals surface area contributed by atoms with Gasteiger partial charge in [0.15, 0.2) is 0 Å². The van der Waals surface area contributed by atoms with Crippen LogP contribution in [0.4, 0.5) is 0 Å². The molecular formula is C23H30N6O3. The summed E-state index contributed by atoms with van der Waals surface area (Å²) in [7, 11) is 0. The van der Waals surface area contributed by atoms with Gasteiger partial charge in [-0.05, 0) is 25.7 Å². The van der Waals surface area contributed by atoms with Gasteiger partial charge in [-0.2, -0.15) is 0 Å². The second-order valence-corrected chi connectivity index (χ2v) is 8.99. The summed E-state index contributed by atoms with van der Waals surface area (Å²) in [6.07, 6.45) is 7.82. The highest BCUT2D eigenvalue weighted by Gasteiger charge is 2.30. The molecule has 0 saturated carbocycles. The van der Waals surface area contributed by atoms with Crippen LogP contribution >= 0.6 is 0 Å². The van der Waals surface area contributed by atoms with Crippen molar-refractivity contribution in [2.45, 2.75) is 51.4 Å². The number of amides is 2. The molecule has 4 rings (SSSR count). The third kappa shape index (κ3) is 4.87. The van der Waals surface area contributed by atoms with Crippen LogP contribution in [0.3, 0.4) is 0 Å². The zero-order valence-electron chi connectivity index (χ0n) is 18.7. The summed E-state index contributed by atoms with van der Waals surface area (Å²) in [6, 6.07) is 1.56. The fraction of sp³-hybridized carbons (Fsp3) is 0.565. The van der Waals surface area contributed by atoms with E-state index in [9.17, 15) is 14.4 Å². The lowest BCUT2D eigenvalue weighted by molar-refractivity contribution is -0.135. The minimum absolute atomic E-state index is 0.00743. The molecule has 32 heavy (non-hydrogen) atoms. The van der Waals surface area contributed by atoms with Gasteiger partial charge in [0, 0.05) is 62.4 Å². The molecule has 0 unspecified atom stereocenters. The van der Waals surface area contributed by atoms with Gasteiger partial charge in [0.2, 0.25) is 5.91 Å². The zero-order chi connectivity index (χ0) is 22.7. The number of nitrogens with one attached hydrogen (secondary N) is 1. The number of aromatic amines is 1. The van der Waals surface area contributed by atoms with Gasteiger partial charge in [-0.25, -0.2) is 9.97 Å². The first-order valence-corrected chi connectivity index (χ1v) is 11.4. The van der Waals surface area contributed by atoms with Gasteiger partial charge < -0.3 is 14.8 Å². The van der Waals surface area contributed by atoms with Crippen molar-refractivity contribution in [3.05, 3.63) is 52.2 Å². The summed E-state index contributed by atoms with van der Waals surface area (Å²) < 4.78 is 0. The molecule has 0 bridgehead atoms. The van der Waals surface area contributed by atoms with Gasteiger partial charge in [-0.3, -0.25) is 19.4 Å². The van der Waals surface area contributed by atoms with Crippen molar-refractivity contribution in [1.29, 1.82) is 0 Å². The Morgan fingerprint density at radius 1 is 1.06 bits per heavy atom. The Labute approximate surface area is 187 Å². The number of carbonyl (C=O) groups is 2. The summed E-state index contributed by atoms with van der Waals surface area (Å²) in [5.41, 5.74) is 0.902. The van der Waals surface area contributed by atoms with Crippen molar-refractivity contribution >= 4 is 11.8 Å². The topological polar surface area (TPSA) is 112 Å². The zero-order valence-corrected chi connectivity index (χ0v) is 18.7. The van der Waals surface area contributed by atoms with E-state index in [1.165, 1.54) is 12.4 Å². The predicted molar refractivity (Wildman–Crippen MR) is 118 cm³/mol. The highest BCUT2D eigenvalue weighted by atomic mass is 16.2. The summed E-state index contributed by atoms with van der Waals surface area (Å²) >= 11 is 0.